The molecule has 4 nitrogen and oxygen atoms in total. The fourth-order valence-corrected chi connectivity index (χ4v) is 3.07. The van der Waals surface area contributed by atoms with Crippen molar-refractivity contribution >= 4 is 28.2 Å². The number of amides is 1. The molecule has 0 spiro atoms. The monoisotopic (exact) mass is 381 g/mol. The molecule has 0 radical (unpaired) electrons. The Hall–Kier alpha value is -3.92. The van der Waals surface area contributed by atoms with Crippen molar-refractivity contribution in [3.63, 3.8) is 0 Å². The first kappa shape index (κ1) is 18.4. The van der Waals surface area contributed by atoms with Crippen LogP contribution < -0.4 is 10.1 Å². The topological polar surface area (TPSA) is 55.4 Å². The van der Waals surface area contributed by atoms with Crippen LogP contribution in [0.15, 0.2) is 97.1 Å². The van der Waals surface area contributed by atoms with E-state index in [1.54, 1.807) is 36.4 Å². The van der Waals surface area contributed by atoms with Crippen molar-refractivity contribution in [3.05, 3.63) is 108 Å². The summed E-state index contributed by atoms with van der Waals surface area (Å²) in [6.45, 7) is -0.112. The summed E-state index contributed by atoms with van der Waals surface area (Å²) < 4.78 is 5.54. The van der Waals surface area contributed by atoms with Gasteiger partial charge in [-0.15, -0.1) is 0 Å². The molecule has 4 heteroatoms. The highest BCUT2D eigenvalue weighted by Crippen LogP contribution is 2.19. The van der Waals surface area contributed by atoms with Gasteiger partial charge < -0.3 is 10.1 Å². The average Bonchev–Trinajstić information content (AvgIpc) is 2.78. The predicted octanol–water partition coefficient (Wildman–Crippen LogP) is 5.09. The van der Waals surface area contributed by atoms with Gasteiger partial charge in [0.1, 0.15) is 5.75 Å². The molecule has 0 aliphatic carbocycles. The van der Waals surface area contributed by atoms with E-state index in [1.807, 2.05) is 60.7 Å². The second-order valence-electron chi connectivity index (χ2n) is 6.62. The Balaban J connectivity index is 1.34. The molecule has 4 aromatic carbocycles. The Labute approximate surface area is 168 Å². The molecule has 0 aliphatic heterocycles. The SMILES string of the molecule is O=C(COc1ccc(C(=O)c2ccccc2)cc1)Nc1ccc2ccccc2c1. The van der Waals surface area contributed by atoms with E-state index in [0.29, 0.717) is 16.9 Å². The average molecular weight is 381 g/mol. The molecule has 0 saturated heterocycles. The summed E-state index contributed by atoms with van der Waals surface area (Å²) >= 11 is 0. The summed E-state index contributed by atoms with van der Waals surface area (Å²) in [5, 5.41) is 5.01. The zero-order chi connectivity index (χ0) is 20.1. The maximum absolute atomic E-state index is 12.4. The molecule has 0 unspecified atom stereocenters. The smallest absolute Gasteiger partial charge is 0.262 e. The van der Waals surface area contributed by atoms with E-state index in [1.165, 1.54) is 0 Å². The molecule has 0 atom stereocenters. The van der Waals surface area contributed by atoms with E-state index in [9.17, 15) is 9.59 Å². The van der Waals surface area contributed by atoms with Crippen LogP contribution in [-0.2, 0) is 4.79 Å². The number of hydrogen-bond acceptors (Lipinski definition) is 3. The Morgan fingerprint density at radius 2 is 1.34 bits per heavy atom. The molecule has 0 aliphatic rings. The molecule has 1 amide bonds. The van der Waals surface area contributed by atoms with Crippen molar-refractivity contribution in [2.24, 2.45) is 0 Å². The molecule has 4 aromatic rings. The van der Waals surface area contributed by atoms with Crippen LogP contribution in [-0.4, -0.2) is 18.3 Å². The van der Waals surface area contributed by atoms with Gasteiger partial charge in [-0.3, -0.25) is 9.59 Å². The third kappa shape index (κ3) is 4.50. The molecule has 0 saturated carbocycles. The van der Waals surface area contributed by atoms with Crippen molar-refractivity contribution in [3.8, 4) is 5.75 Å². The van der Waals surface area contributed by atoms with Crippen LogP contribution in [0.4, 0.5) is 5.69 Å². The van der Waals surface area contributed by atoms with Gasteiger partial charge in [0.25, 0.3) is 5.91 Å². The minimum atomic E-state index is -0.246. The summed E-state index contributed by atoms with van der Waals surface area (Å²) in [6.07, 6.45) is 0. The largest absolute Gasteiger partial charge is 0.484 e. The van der Waals surface area contributed by atoms with Gasteiger partial charge in [0.05, 0.1) is 0 Å². The number of anilines is 1. The molecule has 29 heavy (non-hydrogen) atoms. The van der Waals surface area contributed by atoms with Crippen molar-refractivity contribution < 1.29 is 14.3 Å². The summed E-state index contributed by atoms with van der Waals surface area (Å²) in [5.41, 5.74) is 1.93. The van der Waals surface area contributed by atoms with Crippen LogP contribution in [0.1, 0.15) is 15.9 Å². The fraction of sp³-hybridized carbons (Fsp3) is 0.0400. The number of hydrogen-bond donors (Lipinski definition) is 1. The van der Waals surface area contributed by atoms with Gasteiger partial charge >= 0.3 is 0 Å². The summed E-state index contributed by atoms with van der Waals surface area (Å²) in [4.78, 5) is 24.6. The standard InChI is InChI=1S/C25H19NO3/c27-24(26-22-13-10-18-6-4-5-9-21(18)16-22)17-29-23-14-11-20(12-15-23)25(28)19-7-2-1-3-8-19/h1-16H,17H2,(H,26,27). The molecular weight excluding hydrogens is 362 g/mol. The quantitative estimate of drug-likeness (QED) is 0.474. The Kier molecular flexibility index (Phi) is 5.34. The number of ether oxygens (including phenoxy) is 1. The van der Waals surface area contributed by atoms with Gasteiger partial charge in [0, 0.05) is 16.8 Å². The van der Waals surface area contributed by atoms with E-state index in [-0.39, 0.29) is 18.3 Å². The second kappa shape index (κ2) is 8.40. The summed E-state index contributed by atoms with van der Waals surface area (Å²) in [6, 6.07) is 29.6. The highest BCUT2D eigenvalue weighted by atomic mass is 16.5. The van der Waals surface area contributed by atoms with E-state index in [2.05, 4.69) is 5.32 Å². The highest BCUT2D eigenvalue weighted by Gasteiger charge is 2.09. The number of rotatable bonds is 6. The third-order valence-electron chi connectivity index (χ3n) is 4.56. The molecular formula is C25H19NO3. The fourth-order valence-electron chi connectivity index (χ4n) is 3.07. The Morgan fingerprint density at radius 1 is 0.690 bits per heavy atom. The Morgan fingerprint density at radius 3 is 2.10 bits per heavy atom. The van der Waals surface area contributed by atoms with Crippen molar-refractivity contribution in [2.75, 3.05) is 11.9 Å². The van der Waals surface area contributed by atoms with E-state index in [4.69, 9.17) is 4.74 Å². The van der Waals surface area contributed by atoms with Crippen molar-refractivity contribution in [1.82, 2.24) is 0 Å². The first-order chi connectivity index (χ1) is 14.2. The molecule has 0 aromatic heterocycles. The first-order valence-electron chi connectivity index (χ1n) is 9.30. The van der Waals surface area contributed by atoms with Crippen LogP contribution in [0.25, 0.3) is 10.8 Å². The van der Waals surface area contributed by atoms with E-state index in [0.717, 1.165) is 16.5 Å². The molecule has 142 valence electrons. The van der Waals surface area contributed by atoms with Crippen LogP contribution in [0, 0.1) is 0 Å². The summed E-state index contributed by atoms with van der Waals surface area (Å²) in [5.74, 6) is 0.235. The van der Waals surface area contributed by atoms with Crippen LogP contribution in [0.5, 0.6) is 5.75 Å². The third-order valence-corrected chi connectivity index (χ3v) is 4.56. The molecule has 0 heterocycles. The number of nitrogens with one attached hydrogen (secondary N) is 1. The predicted molar refractivity (Wildman–Crippen MR) is 114 cm³/mol. The maximum Gasteiger partial charge on any atom is 0.262 e. The molecule has 0 fully saturated rings. The van der Waals surface area contributed by atoms with Crippen LogP contribution in [0.3, 0.4) is 0 Å². The van der Waals surface area contributed by atoms with Crippen molar-refractivity contribution in [2.45, 2.75) is 0 Å². The number of ketones is 1. The van der Waals surface area contributed by atoms with Gasteiger partial charge in [-0.25, -0.2) is 0 Å². The number of carbonyl (C=O) groups excluding carboxylic acids is 2. The minimum Gasteiger partial charge on any atom is -0.484 e. The zero-order valence-corrected chi connectivity index (χ0v) is 15.7. The lowest BCUT2D eigenvalue weighted by molar-refractivity contribution is -0.118. The van der Waals surface area contributed by atoms with Gasteiger partial charge in [-0.2, -0.15) is 0 Å². The highest BCUT2D eigenvalue weighted by molar-refractivity contribution is 6.09. The minimum absolute atomic E-state index is 0.0498. The molecule has 4 rings (SSSR count). The van der Waals surface area contributed by atoms with Gasteiger partial charge in [0.15, 0.2) is 12.4 Å². The number of fused-ring (bicyclic) bond motifs is 1. The zero-order valence-electron chi connectivity index (χ0n) is 15.7. The molecule has 0 bridgehead atoms. The van der Waals surface area contributed by atoms with E-state index < -0.39 is 0 Å². The number of benzene rings is 4. The summed E-state index contributed by atoms with van der Waals surface area (Å²) in [7, 11) is 0. The lowest BCUT2D eigenvalue weighted by Crippen LogP contribution is -2.20. The lowest BCUT2D eigenvalue weighted by atomic mass is 10.0. The number of carbonyl (C=O) groups is 2. The first-order valence-corrected chi connectivity index (χ1v) is 9.30. The van der Waals surface area contributed by atoms with Crippen LogP contribution in [0.2, 0.25) is 0 Å². The van der Waals surface area contributed by atoms with Crippen molar-refractivity contribution in [1.29, 1.82) is 0 Å². The van der Waals surface area contributed by atoms with Gasteiger partial charge in [-0.05, 0) is 47.2 Å². The normalized spacial score (nSPS) is 10.5. The second-order valence-corrected chi connectivity index (χ2v) is 6.62. The van der Waals surface area contributed by atoms with Crippen LogP contribution >= 0.6 is 0 Å². The van der Waals surface area contributed by atoms with Gasteiger partial charge in [-0.1, -0.05) is 60.7 Å². The molecule has 1 N–H and O–H groups in total. The van der Waals surface area contributed by atoms with E-state index >= 15 is 0 Å². The maximum atomic E-state index is 12.4. The lowest BCUT2D eigenvalue weighted by Gasteiger charge is -2.09. The Bertz CT molecular complexity index is 1150. The van der Waals surface area contributed by atoms with Gasteiger partial charge in [0.2, 0.25) is 0 Å².